The van der Waals surface area contributed by atoms with Crippen LogP contribution < -0.4 is 15.2 Å². The second kappa shape index (κ2) is 10.6. The van der Waals surface area contributed by atoms with Crippen LogP contribution in [-0.4, -0.2) is 58.6 Å². The van der Waals surface area contributed by atoms with Crippen molar-refractivity contribution in [1.82, 2.24) is 24.1 Å². The third-order valence-corrected chi connectivity index (χ3v) is 6.46. The second-order valence-electron chi connectivity index (χ2n) is 8.80. The van der Waals surface area contributed by atoms with Crippen molar-refractivity contribution in [2.75, 3.05) is 34.5 Å². The number of aromatic nitrogens is 5. The lowest BCUT2D eigenvalue weighted by atomic mass is 10.0. The summed E-state index contributed by atoms with van der Waals surface area (Å²) < 4.78 is 24.7. The molecule has 0 amide bonds. The summed E-state index contributed by atoms with van der Waals surface area (Å²) in [6.45, 7) is 3.06. The number of ether oxygens (including phenoxy) is 4. The van der Waals surface area contributed by atoms with Crippen LogP contribution in [-0.2, 0) is 23.1 Å². The van der Waals surface area contributed by atoms with E-state index < -0.39 is 0 Å². The Labute approximate surface area is 219 Å². The minimum atomic E-state index is -0.190. The Hall–Kier alpha value is -4.28. The van der Waals surface area contributed by atoms with Gasteiger partial charge in [-0.2, -0.15) is 0 Å². The molecule has 0 fully saturated rings. The van der Waals surface area contributed by atoms with E-state index in [-0.39, 0.29) is 5.69 Å². The molecule has 4 aromatic heterocycles. The number of hydrogen-bond donors (Lipinski definition) is 0. The molecule has 196 valence electrons. The van der Waals surface area contributed by atoms with Crippen molar-refractivity contribution in [2.24, 2.45) is 7.05 Å². The van der Waals surface area contributed by atoms with Crippen molar-refractivity contribution in [2.45, 2.75) is 13.5 Å². The Morgan fingerprint density at radius 3 is 2.50 bits per heavy atom. The lowest BCUT2D eigenvalue weighted by molar-refractivity contribution is 0.143. The van der Waals surface area contributed by atoms with E-state index in [4.69, 9.17) is 18.9 Å². The molecule has 0 aliphatic heterocycles. The van der Waals surface area contributed by atoms with Gasteiger partial charge in [0.25, 0.3) is 0 Å². The number of imidazole rings is 1. The predicted molar refractivity (Wildman–Crippen MR) is 144 cm³/mol. The maximum absolute atomic E-state index is 13.5. The molecule has 5 rings (SSSR count). The molecule has 10 heteroatoms. The van der Waals surface area contributed by atoms with Crippen molar-refractivity contribution in [1.29, 1.82) is 0 Å². The molecule has 0 aliphatic carbocycles. The molecule has 0 saturated heterocycles. The number of benzene rings is 1. The van der Waals surface area contributed by atoms with Gasteiger partial charge in [-0.25, -0.2) is 9.78 Å². The molecule has 0 unspecified atom stereocenters. The summed E-state index contributed by atoms with van der Waals surface area (Å²) in [5, 5.41) is 0.831. The summed E-state index contributed by atoms with van der Waals surface area (Å²) in [5.74, 6) is 1.12. The average molecular weight is 516 g/mol. The topological polar surface area (TPSA) is 103 Å². The van der Waals surface area contributed by atoms with Gasteiger partial charge in [0.05, 0.1) is 54.5 Å². The number of rotatable bonds is 9. The highest BCUT2D eigenvalue weighted by molar-refractivity contribution is 6.04. The zero-order valence-corrected chi connectivity index (χ0v) is 22.0. The van der Waals surface area contributed by atoms with Crippen LogP contribution in [0, 0.1) is 6.92 Å². The zero-order valence-electron chi connectivity index (χ0n) is 22.0. The predicted octanol–water partition coefficient (Wildman–Crippen LogP) is 3.82. The summed E-state index contributed by atoms with van der Waals surface area (Å²) in [6.07, 6.45) is 3.52. The van der Waals surface area contributed by atoms with Gasteiger partial charge in [-0.15, -0.1) is 0 Å². The zero-order chi connectivity index (χ0) is 26.8. The van der Waals surface area contributed by atoms with Gasteiger partial charge in [0.1, 0.15) is 18.1 Å². The van der Waals surface area contributed by atoms with Gasteiger partial charge >= 0.3 is 5.69 Å². The molecule has 38 heavy (non-hydrogen) atoms. The number of hydrogen-bond acceptors (Lipinski definition) is 8. The minimum Gasteiger partial charge on any atom is -0.495 e. The van der Waals surface area contributed by atoms with E-state index in [1.165, 1.54) is 0 Å². The lowest BCUT2D eigenvalue weighted by Crippen LogP contribution is -2.21. The summed E-state index contributed by atoms with van der Waals surface area (Å²) >= 11 is 0. The second-order valence-corrected chi connectivity index (χ2v) is 8.80. The molecule has 10 nitrogen and oxygen atoms in total. The molecule has 4 heterocycles. The molecule has 1 aromatic carbocycles. The highest BCUT2D eigenvalue weighted by Gasteiger charge is 2.19. The van der Waals surface area contributed by atoms with Crippen LogP contribution in [0.1, 0.15) is 11.4 Å². The summed E-state index contributed by atoms with van der Waals surface area (Å²) in [6, 6.07) is 11.5. The van der Waals surface area contributed by atoms with Crippen molar-refractivity contribution in [3.63, 3.8) is 0 Å². The van der Waals surface area contributed by atoms with E-state index in [0.29, 0.717) is 48.3 Å². The maximum atomic E-state index is 13.5. The van der Waals surface area contributed by atoms with Gasteiger partial charge in [-0.3, -0.25) is 19.1 Å². The Balaban J connectivity index is 1.68. The van der Waals surface area contributed by atoms with E-state index >= 15 is 0 Å². The molecular weight excluding hydrogens is 486 g/mol. The van der Waals surface area contributed by atoms with Crippen LogP contribution >= 0.6 is 0 Å². The van der Waals surface area contributed by atoms with Crippen molar-refractivity contribution in [3.05, 3.63) is 70.7 Å². The van der Waals surface area contributed by atoms with Crippen LogP contribution in [0.25, 0.3) is 38.8 Å². The minimum absolute atomic E-state index is 0.190. The summed E-state index contributed by atoms with van der Waals surface area (Å²) in [7, 11) is 6.59. The summed E-state index contributed by atoms with van der Waals surface area (Å²) in [4.78, 5) is 27.2. The van der Waals surface area contributed by atoms with Gasteiger partial charge in [0.15, 0.2) is 0 Å². The van der Waals surface area contributed by atoms with Crippen LogP contribution in [0.5, 0.6) is 11.6 Å². The first-order valence-electron chi connectivity index (χ1n) is 12.1. The van der Waals surface area contributed by atoms with Gasteiger partial charge < -0.3 is 18.9 Å². The lowest BCUT2D eigenvalue weighted by Gasteiger charge is -2.12. The monoisotopic (exact) mass is 515 g/mol. The molecule has 5 aromatic rings. The Morgan fingerprint density at radius 2 is 1.76 bits per heavy atom. The van der Waals surface area contributed by atoms with Crippen LogP contribution in [0.3, 0.4) is 0 Å². The van der Waals surface area contributed by atoms with Crippen molar-refractivity contribution >= 4 is 21.9 Å². The van der Waals surface area contributed by atoms with Gasteiger partial charge in [0, 0.05) is 44.5 Å². The molecule has 0 N–H and O–H groups in total. The fourth-order valence-corrected chi connectivity index (χ4v) is 4.53. The fourth-order valence-electron chi connectivity index (χ4n) is 4.53. The first-order chi connectivity index (χ1) is 18.5. The SMILES string of the molecule is COCCOc1ccc(-n2c(=O)n(C)c3cnc4ccc(-c5cnc(COC)c(OC)c5)cc4c32)c(C)n1. The molecule has 0 bridgehead atoms. The highest BCUT2D eigenvalue weighted by Crippen LogP contribution is 2.32. The van der Waals surface area contributed by atoms with Gasteiger partial charge in [-0.1, -0.05) is 6.07 Å². The molecule has 0 aliphatic rings. The van der Waals surface area contributed by atoms with Crippen LogP contribution in [0.4, 0.5) is 0 Å². The van der Waals surface area contributed by atoms with E-state index in [9.17, 15) is 4.79 Å². The van der Waals surface area contributed by atoms with Crippen molar-refractivity contribution in [3.8, 4) is 28.4 Å². The molecular formula is C28H29N5O5. The third kappa shape index (κ3) is 4.48. The number of methoxy groups -OCH3 is 3. The first kappa shape index (κ1) is 25.4. The Kier molecular flexibility index (Phi) is 7.08. The van der Waals surface area contributed by atoms with Gasteiger partial charge in [0.2, 0.25) is 5.88 Å². The summed E-state index contributed by atoms with van der Waals surface area (Å²) in [5.41, 5.74) is 5.89. The number of fused-ring (bicyclic) bond motifs is 3. The number of aryl methyl sites for hydroxylation is 2. The Morgan fingerprint density at radius 1 is 0.921 bits per heavy atom. The fraction of sp³-hybridized carbons (Fsp3) is 0.286. The molecule has 0 radical (unpaired) electrons. The quantitative estimate of drug-likeness (QED) is 0.273. The molecule has 0 saturated carbocycles. The standard InChI is InChI=1S/C28H29N5O5/c1-17-23(8-9-26(31-17)38-11-10-35-3)33-27-20-12-18(19-13-25(37-5)22(16-36-4)29-14-19)6-7-21(20)30-15-24(27)32(2)28(33)34/h6-9,12-15H,10-11,16H2,1-5H3. The first-order valence-corrected chi connectivity index (χ1v) is 12.1. The largest absolute Gasteiger partial charge is 0.495 e. The van der Waals surface area contributed by atoms with Crippen LogP contribution in [0.2, 0.25) is 0 Å². The Bertz CT molecular complexity index is 1690. The number of nitrogens with zero attached hydrogens (tertiary/aromatic N) is 5. The van der Waals surface area contributed by atoms with E-state index in [2.05, 4.69) is 15.0 Å². The van der Waals surface area contributed by atoms with E-state index in [1.807, 2.05) is 37.3 Å². The smallest absolute Gasteiger partial charge is 0.333 e. The third-order valence-electron chi connectivity index (χ3n) is 6.46. The average Bonchev–Trinajstić information content (AvgIpc) is 3.19. The van der Waals surface area contributed by atoms with Crippen molar-refractivity contribution < 1.29 is 18.9 Å². The highest BCUT2D eigenvalue weighted by atomic mass is 16.5. The number of pyridine rings is 3. The van der Waals surface area contributed by atoms with Crippen LogP contribution in [0.15, 0.2) is 53.6 Å². The maximum Gasteiger partial charge on any atom is 0.333 e. The molecule has 0 atom stereocenters. The normalized spacial score (nSPS) is 11.4. The van der Waals surface area contributed by atoms with E-state index in [1.54, 1.807) is 56.0 Å². The van der Waals surface area contributed by atoms with Gasteiger partial charge in [-0.05, 0) is 36.8 Å². The van der Waals surface area contributed by atoms with E-state index in [0.717, 1.165) is 33.2 Å². The molecule has 0 spiro atoms.